The van der Waals surface area contributed by atoms with Crippen LogP contribution in [-0.2, 0) is 20.2 Å². The first-order valence-corrected chi connectivity index (χ1v) is 8.21. The molecule has 0 aliphatic rings. The standard InChI is InChI=1S/C12H10O6S2.Na/c13-19(14,15)11-5-1-9(2-6-11)10-3-7-12(8-4-10)20(16,17)18;/h1-8H,(H,13,14,15)(H,16,17,18);/q;+1. The van der Waals surface area contributed by atoms with Crippen molar-refractivity contribution in [3.05, 3.63) is 48.5 Å². The van der Waals surface area contributed by atoms with Crippen LogP contribution in [0.1, 0.15) is 0 Å². The molecule has 0 aliphatic carbocycles. The van der Waals surface area contributed by atoms with Gasteiger partial charge in [0.1, 0.15) is 0 Å². The molecular formula is C12H10NaO6S2+. The van der Waals surface area contributed by atoms with Gasteiger partial charge in [-0.05, 0) is 35.4 Å². The van der Waals surface area contributed by atoms with Crippen LogP contribution in [0.2, 0.25) is 0 Å². The van der Waals surface area contributed by atoms with Crippen molar-refractivity contribution in [2.45, 2.75) is 9.79 Å². The van der Waals surface area contributed by atoms with E-state index in [1.165, 1.54) is 48.5 Å². The van der Waals surface area contributed by atoms with E-state index in [9.17, 15) is 16.8 Å². The molecule has 0 aromatic heterocycles. The molecule has 0 heterocycles. The van der Waals surface area contributed by atoms with Gasteiger partial charge in [-0.15, -0.1) is 0 Å². The van der Waals surface area contributed by atoms with E-state index < -0.39 is 20.2 Å². The fourth-order valence-electron chi connectivity index (χ4n) is 1.64. The molecule has 0 bridgehead atoms. The number of hydrogen-bond acceptors (Lipinski definition) is 4. The van der Waals surface area contributed by atoms with Crippen molar-refractivity contribution in [3.8, 4) is 11.1 Å². The van der Waals surface area contributed by atoms with E-state index in [0.717, 1.165) is 0 Å². The van der Waals surface area contributed by atoms with E-state index in [0.29, 0.717) is 11.1 Å². The minimum absolute atomic E-state index is 0. The number of hydrogen-bond donors (Lipinski definition) is 2. The SMILES string of the molecule is O=S(=O)(O)c1ccc(-c2ccc(S(=O)(=O)O)cc2)cc1.[Na+]. The van der Waals surface area contributed by atoms with Crippen LogP contribution in [0.5, 0.6) is 0 Å². The second kappa shape index (κ2) is 6.57. The predicted octanol–water partition coefficient (Wildman–Crippen LogP) is -1.15. The minimum Gasteiger partial charge on any atom is -0.282 e. The van der Waals surface area contributed by atoms with Gasteiger partial charge < -0.3 is 0 Å². The maximum Gasteiger partial charge on any atom is 1.00 e. The van der Waals surface area contributed by atoms with E-state index in [1.807, 2.05) is 0 Å². The topological polar surface area (TPSA) is 109 Å². The monoisotopic (exact) mass is 337 g/mol. The first-order chi connectivity index (χ1) is 9.18. The minimum atomic E-state index is -4.24. The zero-order valence-electron chi connectivity index (χ0n) is 11.0. The summed E-state index contributed by atoms with van der Waals surface area (Å²) in [7, 11) is -8.48. The molecule has 6 nitrogen and oxygen atoms in total. The molecule has 2 aromatic rings. The zero-order valence-corrected chi connectivity index (χ0v) is 14.6. The summed E-state index contributed by atoms with van der Waals surface area (Å²) < 4.78 is 61.3. The third-order valence-corrected chi connectivity index (χ3v) is 4.37. The van der Waals surface area contributed by atoms with Crippen molar-refractivity contribution in [2.24, 2.45) is 0 Å². The summed E-state index contributed by atoms with van der Waals surface area (Å²) in [4.78, 5) is -0.452. The summed E-state index contributed by atoms with van der Waals surface area (Å²) in [6.07, 6.45) is 0. The van der Waals surface area contributed by atoms with E-state index in [2.05, 4.69) is 0 Å². The smallest absolute Gasteiger partial charge is 0.282 e. The van der Waals surface area contributed by atoms with Crippen LogP contribution in [0.3, 0.4) is 0 Å². The molecule has 2 rings (SSSR count). The summed E-state index contributed by atoms with van der Waals surface area (Å²) in [6, 6.07) is 10.9. The Morgan fingerprint density at radius 2 is 0.810 bits per heavy atom. The Morgan fingerprint density at radius 3 is 1.00 bits per heavy atom. The maximum atomic E-state index is 10.9. The summed E-state index contributed by atoms with van der Waals surface area (Å²) >= 11 is 0. The Hall–Kier alpha value is -0.740. The normalized spacial score (nSPS) is 11.7. The first kappa shape index (κ1) is 18.3. The molecular weight excluding hydrogens is 327 g/mol. The molecule has 0 aliphatic heterocycles. The Labute approximate surface area is 144 Å². The summed E-state index contributed by atoms with van der Waals surface area (Å²) in [5, 5.41) is 0. The maximum absolute atomic E-state index is 10.9. The molecule has 2 N–H and O–H groups in total. The second-order valence-corrected chi connectivity index (χ2v) is 6.84. The van der Waals surface area contributed by atoms with Gasteiger partial charge in [0, 0.05) is 0 Å². The average molecular weight is 337 g/mol. The third kappa shape index (κ3) is 4.62. The van der Waals surface area contributed by atoms with Crippen molar-refractivity contribution < 1.29 is 55.5 Å². The molecule has 0 atom stereocenters. The van der Waals surface area contributed by atoms with E-state index in [4.69, 9.17) is 9.11 Å². The third-order valence-electron chi connectivity index (χ3n) is 2.64. The molecule has 0 amide bonds. The number of rotatable bonds is 3. The molecule has 0 unspecified atom stereocenters. The van der Waals surface area contributed by atoms with Crippen LogP contribution in [0.15, 0.2) is 58.3 Å². The van der Waals surface area contributed by atoms with Crippen molar-refractivity contribution in [1.82, 2.24) is 0 Å². The molecule has 0 spiro atoms. The second-order valence-electron chi connectivity index (χ2n) is 4.00. The van der Waals surface area contributed by atoms with Gasteiger partial charge in [-0.3, -0.25) is 9.11 Å². The van der Waals surface area contributed by atoms with Crippen LogP contribution < -0.4 is 29.6 Å². The Balaban J connectivity index is 0.00000220. The van der Waals surface area contributed by atoms with Crippen LogP contribution >= 0.6 is 0 Å². The van der Waals surface area contributed by atoms with Crippen molar-refractivity contribution in [1.29, 1.82) is 0 Å². The molecule has 0 saturated heterocycles. The van der Waals surface area contributed by atoms with Gasteiger partial charge in [0.2, 0.25) is 0 Å². The van der Waals surface area contributed by atoms with Crippen molar-refractivity contribution >= 4 is 20.2 Å². The summed E-state index contributed by atoms with van der Waals surface area (Å²) in [5.74, 6) is 0. The van der Waals surface area contributed by atoms with E-state index in [1.54, 1.807) is 0 Å². The molecule has 106 valence electrons. The van der Waals surface area contributed by atoms with Gasteiger partial charge in [0.05, 0.1) is 9.79 Å². The largest absolute Gasteiger partial charge is 1.00 e. The van der Waals surface area contributed by atoms with Crippen LogP contribution in [0, 0.1) is 0 Å². The van der Waals surface area contributed by atoms with E-state index in [-0.39, 0.29) is 39.3 Å². The summed E-state index contributed by atoms with van der Waals surface area (Å²) in [5.41, 5.74) is 1.28. The molecule has 0 radical (unpaired) electrons. The summed E-state index contributed by atoms with van der Waals surface area (Å²) in [6.45, 7) is 0. The van der Waals surface area contributed by atoms with Crippen molar-refractivity contribution in [3.63, 3.8) is 0 Å². The molecule has 0 saturated carbocycles. The molecule has 21 heavy (non-hydrogen) atoms. The zero-order chi connectivity index (χ0) is 15.0. The van der Waals surface area contributed by atoms with Crippen LogP contribution in [0.25, 0.3) is 11.1 Å². The Kier molecular flexibility index (Phi) is 5.73. The van der Waals surface area contributed by atoms with Gasteiger partial charge in [0.25, 0.3) is 20.2 Å². The van der Waals surface area contributed by atoms with Gasteiger partial charge in [-0.25, -0.2) is 0 Å². The number of benzene rings is 2. The fourth-order valence-corrected chi connectivity index (χ4v) is 2.60. The van der Waals surface area contributed by atoms with Crippen LogP contribution in [-0.4, -0.2) is 25.9 Å². The van der Waals surface area contributed by atoms with Crippen LogP contribution in [0.4, 0.5) is 0 Å². The quantitative estimate of drug-likeness (QED) is 0.541. The average Bonchev–Trinajstić information content (AvgIpc) is 2.37. The fraction of sp³-hybridized carbons (Fsp3) is 0. The predicted molar refractivity (Wildman–Crippen MR) is 71.5 cm³/mol. The van der Waals surface area contributed by atoms with Gasteiger partial charge in [-0.1, -0.05) is 24.3 Å². The molecule has 2 aromatic carbocycles. The van der Waals surface area contributed by atoms with E-state index >= 15 is 0 Å². The Bertz CT molecular complexity index is 751. The van der Waals surface area contributed by atoms with Crippen molar-refractivity contribution in [2.75, 3.05) is 0 Å². The van der Waals surface area contributed by atoms with Gasteiger partial charge in [0.15, 0.2) is 0 Å². The van der Waals surface area contributed by atoms with Gasteiger partial charge in [-0.2, -0.15) is 16.8 Å². The molecule has 0 fully saturated rings. The Morgan fingerprint density at radius 1 is 0.571 bits per heavy atom. The van der Waals surface area contributed by atoms with Gasteiger partial charge >= 0.3 is 29.6 Å². The first-order valence-electron chi connectivity index (χ1n) is 5.33. The molecule has 9 heteroatoms.